The molecule has 0 bridgehead atoms. The second kappa shape index (κ2) is 6.55. The summed E-state index contributed by atoms with van der Waals surface area (Å²) in [7, 11) is 0. The fraction of sp³-hybridized carbons (Fsp3) is 0.688. The van der Waals surface area contributed by atoms with Gasteiger partial charge in [-0.2, -0.15) is 0 Å². The Morgan fingerprint density at radius 3 is 2.40 bits per heavy atom. The number of aliphatic hydroxyl groups excluding tert-OH is 1. The maximum Gasteiger partial charge on any atom is 0.131 e. The molecular formula is C16H27N3O. The van der Waals surface area contributed by atoms with Crippen molar-refractivity contribution in [2.24, 2.45) is 0 Å². The highest BCUT2D eigenvalue weighted by molar-refractivity contribution is 5.48. The van der Waals surface area contributed by atoms with Crippen molar-refractivity contribution in [1.82, 2.24) is 9.88 Å². The molecule has 0 aliphatic carbocycles. The second-order valence-electron chi connectivity index (χ2n) is 5.95. The maximum atomic E-state index is 9.89. The number of aliphatic hydroxyl groups is 1. The summed E-state index contributed by atoms with van der Waals surface area (Å²) in [6.45, 7) is 12.8. The van der Waals surface area contributed by atoms with Gasteiger partial charge in [0.25, 0.3) is 0 Å². The minimum atomic E-state index is -0.395. The second-order valence-corrected chi connectivity index (χ2v) is 5.95. The van der Waals surface area contributed by atoms with E-state index in [0.717, 1.165) is 49.5 Å². The summed E-state index contributed by atoms with van der Waals surface area (Å²) in [4.78, 5) is 9.45. The predicted molar refractivity (Wildman–Crippen MR) is 83.1 cm³/mol. The van der Waals surface area contributed by atoms with Gasteiger partial charge >= 0.3 is 0 Å². The van der Waals surface area contributed by atoms with Gasteiger partial charge in [0.15, 0.2) is 0 Å². The number of pyridine rings is 1. The highest BCUT2D eigenvalue weighted by atomic mass is 16.3. The minimum absolute atomic E-state index is 0.395. The van der Waals surface area contributed by atoms with Crippen LogP contribution in [0.25, 0.3) is 0 Å². The molecule has 4 nitrogen and oxygen atoms in total. The zero-order chi connectivity index (χ0) is 14.7. The maximum absolute atomic E-state index is 9.89. The Balaban J connectivity index is 2.07. The van der Waals surface area contributed by atoms with Crippen molar-refractivity contribution in [2.75, 3.05) is 31.1 Å². The van der Waals surface area contributed by atoms with Crippen molar-refractivity contribution in [3.8, 4) is 0 Å². The standard InChI is InChI=1S/C16H27N3O/c1-5-15(20)14-10-13(4)16(17-11-14)19-8-6-18(7-9-19)12(2)3/h10-12,15,20H,5-9H2,1-4H3. The monoisotopic (exact) mass is 277 g/mol. The number of aryl methyl sites for hydroxylation is 1. The largest absolute Gasteiger partial charge is 0.388 e. The van der Waals surface area contributed by atoms with Gasteiger partial charge in [-0.3, -0.25) is 4.90 Å². The van der Waals surface area contributed by atoms with Crippen molar-refractivity contribution in [3.05, 3.63) is 23.4 Å². The van der Waals surface area contributed by atoms with Gasteiger partial charge in [-0.15, -0.1) is 0 Å². The summed E-state index contributed by atoms with van der Waals surface area (Å²) >= 11 is 0. The molecule has 112 valence electrons. The average molecular weight is 277 g/mol. The van der Waals surface area contributed by atoms with E-state index in [-0.39, 0.29) is 0 Å². The summed E-state index contributed by atoms with van der Waals surface area (Å²) in [5, 5.41) is 9.89. The van der Waals surface area contributed by atoms with Crippen molar-refractivity contribution < 1.29 is 5.11 Å². The number of hydrogen-bond donors (Lipinski definition) is 1. The molecule has 2 heterocycles. The van der Waals surface area contributed by atoms with Gasteiger partial charge in [0.2, 0.25) is 0 Å². The molecule has 2 rings (SSSR count). The van der Waals surface area contributed by atoms with E-state index in [9.17, 15) is 5.11 Å². The summed E-state index contributed by atoms with van der Waals surface area (Å²) in [5.41, 5.74) is 2.09. The molecule has 0 aromatic carbocycles. The molecule has 1 fully saturated rings. The Bertz CT molecular complexity index is 439. The topological polar surface area (TPSA) is 39.6 Å². The predicted octanol–water partition coefficient (Wildman–Crippen LogP) is 2.36. The van der Waals surface area contributed by atoms with Gasteiger partial charge in [0.05, 0.1) is 6.10 Å². The van der Waals surface area contributed by atoms with Crippen LogP contribution >= 0.6 is 0 Å². The van der Waals surface area contributed by atoms with E-state index in [0.29, 0.717) is 6.04 Å². The number of anilines is 1. The van der Waals surface area contributed by atoms with E-state index < -0.39 is 6.10 Å². The Morgan fingerprint density at radius 1 is 1.25 bits per heavy atom. The molecular weight excluding hydrogens is 250 g/mol. The Labute approximate surface area is 122 Å². The number of rotatable bonds is 4. The molecule has 1 aliphatic heterocycles. The van der Waals surface area contributed by atoms with E-state index in [1.807, 2.05) is 13.1 Å². The van der Waals surface area contributed by atoms with E-state index in [1.54, 1.807) is 0 Å². The normalized spacial score (nSPS) is 18.6. The van der Waals surface area contributed by atoms with Gasteiger partial charge in [0.1, 0.15) is 5.82 Å². The molecule has 1 atom stereocenters. The van der Waals surface area contributed by atoms with Crippen LogP contribution in [0, 0.1) is 6.92 Å². The fourth-order valence-corrected chi connectivity index (χ4v) is 2.79. The van der Waals surface area contributed by atoms with Crippen LogP contribution in [0.2, 0.25) is 0 Å². The quantitative estimate of drug-likeness (QED) is 0.917. The zero-order valence-electron chi connectivity index (χ0n) is 13.1. The minimum Gasteiger partial charge on any atom is -0.388 e. The first-order valence-corrected chi connectivity index (χ1v) is 7.66. The first-order chi connectivity index (χ1) is 9.52. The van der Waals surface area contributed by atoms with Crippen LogP contribution in [0.3, 0.4) is 0 Å². The zero-order valence-corrected chi connectivity index (χ0v) is 13.1. The van der Waals surface area contributed by atoms with Crippen LogP contribution in [0.15, 0.2) is 12.3 Å². The van der Waals surface area contributed by atoms with E-state index >= 15 is 0 Å². The molecule has 0 radical (unpaired) electrons. The highest BCUT2D eigenvalue weighted by Gasteiger charge is 2.21. The molecule has 1 unspecified atom stereocenters. The third kappa shape index (κ3) is 3.30. The van der Waals surface area contributed by atoms with E-state index in [2.05, 4.69) is 41.6 Å². The van der Waals surface area contributed by atoms with Crippen molar-refractivity contribution >= 4 is 5.82 Å². The smallest absolute Gasteiger partial charge is 0.131 e. The lowest BCUT2D eigenvalue weighted by Crippen LogP contribution is -2.49. The van der Waals surface area contributed by atoms with Crippen molar-refractivity contribution in [1.29, 1.82) is 0 Å². The van der Waals surface area contributed by atoms with Crippen LogP contribution in [-0.4, -0.2) is 47.2 Å². The van der Waals surface area contributed by atoms with Crippen molar-refractivity contribution in [2.45, 2.75) is 46.3 Å². The lowest BCUT2D eigenvalue weighted by molar-refractivity contribution is 0.173. The molecule has 1 aromatic rings. The molecule has 1 N–H and O–H groups in total. The van der Waals surface area contributed by atoms with Crippen LogP contribution < -0.4 is 4.90 Å². The molecule has 1 aliphatic rings. The number of piperazine rings is 1. The summed E-state index contributed by atoms with van der Waals surface area (Å²) in [5.74, 6) is 1.07. The Kier molecular flexibility index (Phi) is 5.00. The average Bonchev–Trinajstić information content (AvgIpc) is 2.46. The van der Waals surface area contributed by atoms with Crippen LogP contribution in [0.5, 0.6) is 0 Å². The third-order valence-corrected chi connectivity index (χ3v) is 4.19. The molecule has 0 saturated carbocycles. The number of aromatic nitrogens is 1. The van der Waals surface area contributed by atoms with E-state index in [1.165, 1.54) is 0 Å². The van der Waals surface area contributed by atoms with Crippen molar-refractivity contribution in [3.63, 3.8) is 0 Å². The first kappa shape index (κ1) is 15.3. The molecule has 1 aromatic heterocycles. The van der Waals surface area contributed by atoms with Gasteiger partial charge in [-0.1, -0.05) is 6.92 Å². The SMILES string of the molecule is CCC(O)c1cnc(N2CCN(C(C)C)CC2)c(C)c1. The van der Waals surface area contributed by atoms with Crippen LogP contribution in [0.4, 0.5) is 5.82 Å². The lowest BCUT2D eigenvalue weighted by atomic mass is 10.1. The van der Waals surface area contributed by atoms with Crippen LogP contribution in [0.1, 0.15) is 44.4 Å². The first-order valence-electron chi connectivity index (χ1n) is 7.66. The molecule has 1 saturated heterocycles. The molecule has 0 spiro atoms. The van der Waals surface area contributed by atoms with Gasteiger partial charge in [-0.05, 0) is 44.4 Å². The lowest BCUT2D eigenvalue weighted by Gasteiger charge is -2.38. The Hall–Kier alpha value is -1.13. The third-order valence-electron chi connectivity index (χ3n) is 4.19. The van der Waals surface area contributed by atoms with Gasteiger partial charge in [0, 0.05) is 38.4 Å². The van der Waals surface area contributed by atoms with Gasteiger partial charge < -0.3 is 10.0 Å². The molecule has 4 heteroatoms. The Morgan fingerprint density at radius 2 is 1.90 bits per heavy atom. The fourth-order valence-electron chi connectivity index (χ4n) is 2.79. The summed E-state index contributed by atoms with van der Waals surface area (Å²) in [6.07, 6.45) is 2.16. The number of nitrogens with zero attached hydrogens (tertiary/aromatic N) is 3. The summed E-state index contributed by atoms with van der Waals surface area (Å²) < 4.78 is 0. The highest BCUT2D eigenvalue weighted by Crippen LogP contribution is 2.23. The molecule has 20 heavy (non-hydrogen) atoms. The van der Waals surface area contributed by atoms with Gasteiger partial charge in [-0.25, -0.2) is 4.98 Å². The summed E-state index contributed by atoms with van der Waals surface area (Å²) in [6, 6.07) is 2.69. The van der Waals surface area contributed by atoms with Crippen LogP contribution in [-0.2, 0) is 0 Å². The molecule has 0 amide bonds. The number of hydrogen-bond acceptors (Lipinski definition) is 4. The van der Waals surface area contributed by atoms with E-state index in [4.69, 9.17) is 0 Å².